The van der Waals surface area contributed by atoms with Gasteiger partial charge >= 0.3 is 5.97 Å². The molecule has 3 N–H and O–H groups in total. The van der Waals surface area contributed by atoms with Gasteiger partial charge in [0.05, 0.1) is 18.8 Å². The van der Waals surface area contributed by atoms with Crippen LogP contribution in [0.4, 0.5) is 11.4 Å². The molecular formula is C19H24N2O4. The predicted octanol–water partition coefficient (Wildman–Crippen LogP) is 2.73. The van der Waals surface area contributed by atoms with Crippen molar-refractivity contribution in [2.24, 2.45) is 0 Å². The van der Waals surface area contributed by atoms with E-state index in [0.29, 0.717) is 43.1 Å². The van der Waals surface area contributed by atoms with E-state index in [9.17, 15) is 9.90 Å². The Hall–Kier alpha value is -2.57. The molecular weight excluding hydrogens is 320 g/mol. The highest BCUT2D eigenvalue weighted by Gasteiger charge is 2.15. The van der Waals surface area contributed by atoms with Gasteiger partial charge < -0.3 is 25.2 Å². The van der Waals surface area contributed by atoms with Crippen LogP contribution in [0.3, 0.4) is 0 Å². The van der Waals surface area contributed by atoms with Crippen LogP contribution in [0.2, 0.25) is 0 Å². The summed E-state index contributed by atoms with van der Waals surface area (Å²) in [5, 5.41) is 9.44. The summed E-state index contributed by atoms with van der Waals surface area (Å²) in [5.41, 5.74) is 9.15. The molecule has 0 heterocycles. The number of carboxylic acid groups (broad SMARTS) is 1. The van der Waals surface area contributed by atoms with Gasteiger partial charge in [-0.2, -0.15) is 0 Å². The molecule has 0 aliphatic carbocycles. The van der Waals surface area contributed by atoms with Crippen LogP contribution >= 0.6 is 0 Å². The van der Waals surface area contributed by atoms with Crippen molar-refractivity contribution in [2.75, 3.05) is 51.2 Å². The maximum Gasteiger partial charge on any atom is 0.336 e. The number of carboxylic acids is 1. The van der Waals surface area contributed by atoms with Crippen LogP contribution in [-0.4, -0.2) is 51.6 Å². The largest absolute Gasteiger partial charge is 0.478 e. The minimum Gasteiger partial charge on any atom is -0.478 e. The molecule has 6 heteroatoms. The van der Waals surface area contributed by atoms with E-state index >= 15 is 0 Å². The average Bonchev–Trinajstić information content (AvgIpc) is 2.62. The first-order valence-corrected chi connectivity index (χ1v) is 8.03. The topological polar surface area (TPSA) is 85.0 Å². The van der Waals surface area contributed by atoms with Gasteiger partial charge in [0.1, 0.15) is 0 Å². The highest BCUT2D eigenvalue weighted by molar-refractivity contribution is 5.98. The third-order valence-electron chi connectivity index (χ3n) is 3.98. The van der Waals surface area contributed by atoms with Crippen molar-refractivity contribution in [3.63, 3.8) is 0 Å². The maximum absolute atomic E-state index is 11.5. The number of hydrogen-bond acceptors (Lipinski definition) is 5. The molecule has 0 fully saturated rings. The number of anilines is 2. The minimum atomic E-state index is -0.976. The second-order valence-electron chi connectivity index (χ2n) is 5.59. The molecule has 0 bridgehead atoms. The van der Waals surface area contributed by atoms with E-state index < -0.39 is 5.97 Å². The number of aromatic carboxylic acids is 1. The minimum absolute atomic E-state index is 0.228. The number of hydrogen-bond donors (Lipinski definition) is 2. The molecule has 2 aromatic rings. The number of ether oxygens (including phenoxy) is 2. The van der Waals surface area contributed by atoms with Crippen LogP contribution < -0.4 is 10.6 Å². The van der Waals surface area contributed by atoms with E-state index in [1.807, 2.05) is 18.2 Å². The molecule has 0 aliphatic rings. The van der Waals surface area contributed by atoms with Crippen LogP contribution in [0.15, 0.2) is 42.5 Å². The van der Waals surface area contributed by atoms with Crippen molar-refractivity contribution in [3.05, 3.63) is 48.0 Å². The normalized spacial score (nSPS) is 10.6. The number of methoxy groups -OCH3 is 2. The molecule has 0 radical (unpaired) electrons. The number of carbonyl (C=O) groups is 1. The van der Waals surface area contributed by atoms with Crippen LogP contribution in [0.5, 0.6) is 0 Å². The first kappa shape index (κ1) is 18.8. The smallest absolute Gasteiger partial charge is 0.336 e. The Labute approximate surface area is 147 Å². The first-order valence-electron chi connectivity index (χ1n) is 8.03. The number of rotatable bonds is 9. The van der Waals surface area contributed by atoms with Crippen LogP contribution in [0, 0.1) is 0 Å². The first-order chi connectivity index (χ1) is 12.1. The van der Waals surface area contributed by atoms with Crippen molar-refractivity contribution in [3.8, 4) is 11.1 Å². The molecule has 0 aliphatic heterocycles. The van der Waals surface area contributed by atoms with Gasteiger partial charge in [-0.3, -0.25) is 0 Å². The summed E-state index contributed by atoms with van der Waals surface area (Å²) in [6.07, 6.45) is 0. The zero-order valence-electron chi connectivity index (χ0n) is 14.6. The van der Waals surface area contributed by atoms with Gasteiger partial charge in [-0.15, -0.1) is 0 Å². The molecule has 25 heavy (non-hydrogen) atoms. The molecule has 0 amide bonds. The van der Waals surface area contributed by atoms with Gasteiger partial charge in [0, 0.05) is 44.2 Å². The molecule has 134 valence electrons. The van der Waals surface area contributed by atoms with E-state index in [0.717, 1.165) is 5.69 Å². The second-order valence-corrected chi connectivity index (χ2v) is 5.59. The summed E-state index contributed by atoms with van der Waals surface area (Å²) in [5.74, 6) is -0.976. The molecule has 2 aromatic carbocycles. The average molecular weight is 344 g/mol. The standard InChI is InChI=1S/C19H24N2O4/c1-24-11-9-21(10-12-25-2)14-7-8-18(20)17(13-14)15-5-3-4-6-16(15)19(22)23/h3-8,13H,9-12,20H2,1-2H3,(H,22,23). The Kier molecular flexibility index (Phi) is 6.80. The lowest BCUT2D eigenvalue weighted by Gasteiger charge is -2.25. The molecule has 0 atom stereocenters. The lowest BCUT2D eigenvalue weighted by atomic mass is 9.97. The molecule has 0 spiro atoms. The van der Waals surface area contributed by atoms with E-state index in [-0.39, 0.29) is 5.56 Å². The summed E-state index contributed by atoms with van der Waals surface area (Å²) in [7, 11) is 3.32. The Morgan fingerprint density at radius 2 is 1.68 bits per heavy atom. The van der Waals surface area contributed by atoms with Gasteiger partial charge in [-0.1, -0.05) is 18.2 Å². The number of nitrogens with two attached hydrogens (primary N) is 1. The van der Waals surface area contributed by atoms with E-state index in [1.54, 1.807) is 38.5 Å². The summed E-state index contributed by atoms with van der Waals surface area (Å²) in [6, 6.07) is 12.5. The third kappa shape index (κ3) is 4.71. The fraction of sp³-hybridized carbons (Fsp3) is 0.316. The van der Waals surface area contributed by atoms with Crippen molar-refractivity contribution in [1.82, 2.24) is 0 Å². The van der Waals surface area contributed by atoms with Crippen molar-refractivity contribution in [2.45, 2.75) is 0 Å². The van der Waals surface area contributed by atoms with Crippen molar-refractivity contribution < 1.29 is 19.4 Å². The Bertz CT molecular complexity index is 710. The maximum atomic E-state index is 11.5. The Morgan fingerprint density at radius 1 is 1.04 bits per heavy atom. The predicted molar refractivity (Wildman–Crippen MR) is 99.2 cm³/mol. The molecule has 0 saturated carbocycles. The molecule has 0 saturated heterocycles. The fourth-order valence-corrected chi connectivity index (χ4v) is 2.65. The fourth-order valence-electron chi connectivity index (χ4n) is 2.65. The SMILES string of the molecule is COCCN(CCOC)c1ccc(N)c(-c2ccccc2C(=O)O)c1. The van der Waals surface area contributed by atoms with Gasteiger partial charge in [0.25, 0.3) is 0 Å². The molecule has 2 rings (SSSR count). The number of nitrogen functional groups attached to an aromatic ring is 1. The third-order valence-corrected chi connectivity index (χ3v) is 3.98. The van der Waals surface area contributed by atoms with Gasteiger partial charge in [-0.25, -0.2) is 4.79 Å². The van der Waals surface area contributed by atoms with Crippen LogP contribution in [0.1, 0.15) is 10.4 Å². The Morgan fingerprint density at radius 3 is 2.28 bits per heavy atom. The van der Waals surface area contributed by atoms with Gasteiger partial charge in [-0.05, 0) is 29.8 Å². The summed E-state index contributed by atoms with van der Waals surface area (Å²) >= 11 is 0. The highest BCUT2D eigenvalue weighted by Crippen LogP contribution is 2.32. The number of nitrogens with zero attached hydrogens (tertiary/aromatic N) is 1. The zero-order valence-corrected chi connectivity index (χ0v) is 14.6. The van der Waals surface area contributed by atoms with Gasteiger partial charge in [0.2, 0.25) is 0 Å². The lowest BCUT2D eigenvalue weighted by molar-refractivity contribution is 0.0697. The van der Waals surface area contributed by atoms with E-state index in [1.165, 1.54) is 0 Å². The molecule has 0 unspecified atom stereocenters. The summed E-state index contributed by atoms with van der Waals surface area (Å²) in [4.78, 5) is 13.6. The Balaban J connectivity index is 2.44. The summed E-state index contributed by atoms with van der Waals surface area (Å²) < 4.78 is 10.4. The zero-order chi connectivity index (χ0) is 18.2. The van der Waals surface area contributed by atoms with Crippen LogP contribution in [0.25, 0.3) is 11.1 Å². The van der Waals surface area contributed by atoms with Crippen LogP contribution in [-0.2, 0) is 9.47 Å². The quantitative estimate of drug-likeness (QED) is 0.681. The summed E-state index contributed by atoms with van der Waals surface area (Å²) in [6.45, 7) is 2.55. The van der Waals surface area contributed by atoms with Crippen molar-refractivity contribution in [1.29, 1.82) is 0 Å². The highest BCUT2D eigenvalue weighted by atomic mass is 16.5. The number of benzene rings is 2. The lowest BCUT2D eigenvalue weighted by Crippen LogP contribution is -2.30. The van der Waals surface area contributed by atoms with E-state index in [2.05, 4.69) is 4.90 Å². The monoisotopic (exact) mass is 344 g/mol. The van der Waals surface area contributed by atoms with E-state index in [4.69, 9.17) is 15.2 Å². The molecule has 6 nitrogen and oxygen atoms in total. The van der Waals surface area contributed by atoms with Crippen molar-refractivity contribution >= 4 is 17.3 Å². The molecule has 0 aromatic heterocycles. The van der Waals surface area contributed by atoms with Gasteiger partial charge in [0.15, 0.2) is 0 Å². The second kappa shape index (κ2) is 9.05.